The van der Waals surface area contributed by atoms with E-state index in [1.807, 2.05) is 0 Å². The first-order valence-electron chi connectivity index (χ1n) is 30.0. The first kappa shape index (κ1) is 72.6. The van der Waals surface area contributed by atoms with Crippen LogP contribution in [-0.4, -0.2) is 49.3 Å². The number of phosphoric acid groups is 1. The van der Waals surface area contributed by atoms with Crippen molar-refractivity contribution >= 4 is 19.8 Å². The first-order chi connectivity index (χ1) is 37.8. The lowest BCUT2D eigenvalue weighted by molar-refractivity contribution is -0.161. The summed E-state index contributed by atoms with van der Waals surface area (Å²) in [4.78, 5) is 35.2. The summed E-state index contributed by atoms with van der Waals surface area (Å²) in [5, 5.41) is 0. The normalized spacial score (nSPS) is 14.2. The fraction of sp³-hybridized carbons (Fsp3) is 0.582. The molecule has 0 aliphatic rings. The zero-order valence-electron chi connectivity index (χ0n) is 48.4. The summed E-state index contributed by atoms with van der Waals surface area (Å²) in [6.07, 6.45) is 88.6. The Morgan fingerprint density at radius 2 is 0.675 bits per heavy atom. The van der Waals surface area contributed by atoms with E-state index in [-0.39, 0.29) is 32.6 Å². The predicted molar refractivity (Wildman–Crippen MR) is 330 cm³/mol. The second-order valence-corrected chi connectivity index (χ2v) is 20.6. The van der Waals surface area contributed by atoms with Crippen molar-refractivity contribution in [1.29, 1.82) is 0 Å². The number of nitrogens with two attached hydrogens (primary N) is 1. The van der Waals surface area contributed by atoms with Gasteiger partial charge in [0, 0.05) is 19.4 Å². The molecule has 0 bridgehead atoms. The van der Waals surface area contributed by atoms with Crippen molar-refractivity contribution in [2.24, 2.45) is 5.73 Å². The number of carbonyl (C=O) groups is 2. The highest BCUT2D eigenvalue weighted by molar-refractivity contribution is 7.47. The van der Waals surface area contributed by atoms with E-state index in [4.69, 9.17) is 24.3 Å². The van der Waals surface area contributed by atoms with Gasteiger partial charge in [0.15, 0.2) is 6.10 Å². The number of esters is 2. The third kappa shape index (κ3) is 60.7. The van der Waals surface area contributed by atoms with Gasteiger partial charge < -0.3 is 20.1 Å². The van der Waals surface area contributed by atoms with Gasteiger partial charge in [0.05, 0.1) is 13.2 Å². The Morgan fingerprint density at radius 1 is 0.390 bits per heavy atom. The van der Waals surface area contributed by atoms with Crippen LogP contribution in [0.3, 0.4) is 0 Å². The molecule has 3 N–H and O–H groups in total. The Kier molecular flexibility index (Phi) is 57.4. The lowest BCUT2D eigenvalue weighted by atomic mass is 10.1. The van der Waals surface area contributed by atoms with Gasteiger partial charge in [-0.25, -0.2) is 4.57 Å². The zero-order valence-corrected chi connectivity index (χ0v) is 49.3. The van der Waals surface area contributed by atoms with E-state index >= 15 is 0 Å². The maximum atomic E-state index is 12.7. The molecule has 0 aromatic heterocycles. The van der Waals surface area contributed by atoms with Gasteiger partial charge in [-0.1, -0.05) is 242 Å². The van der Waals surface area contributed by atoms with E-state index in [1.54, 1.807) is 0 Å². The molecule has 0 aliphatic heterocycles. The number of hydrogen-bond donors (Lipinski definition) is 2. The fourth-order valence-electron chi connectivity index (χ4n) is 7.56. The van der Waals surface area contributed by atoms with Crippen molar-refractivity contribution < 1.29 is 37.6 Å². The molecule has 0 spiro atoms. The van der Waals surface area contributed by atoms with Crippen molar-refractivity contribution in [2.75, 3.05) is 26.4 Å². The van der Waals surface area contributed by atoms with Crippen molar-refractivity contribution in [3.8, 4) is 0 Å². The monoisotopic (exact) mass is 1090 g/mol. The SMILES string of the molecule is CC/C=C\C/C=C\C/C=C\C/C=C\C/C=C\C/C=C\C/C=C\CCCCCCCCCC(=O)OC(COC(=O)CCCCCCCCCC/C=C\C/C=C\C/C=C\C/C=C\C/C=C\C/C=C\CC)COP(=O)(O)OCCN. The fourth-order valence-corrected chi connectivity index (χ4v) is 8.32. The maximum Gasteiger partial charge on any atom is 0.472 e. The molecule has 0 fully saturated rings. The summed E-state index contributed by atoms with van der Waals surface area (Å²) in [6, 6.07) is 0. The Balaban J connectivity index is 4.08. The van der Waals surface area contributed by atoms with Gasteiger partial charge in [0.25, 0.3) is 0 Å². The number of hydrogen-bond acceptors (Lipinski definition) is 8. The minimum absolute atomic E-state index is 0.0410. The van der Waals surface area contributed by atoms with E-state index in [2.05, 4.69) is 172 Å². The van der Waals surface area contributed by atoms with Gasteiger partial charge in [0.1, 0.15) is 6.61 Å². The summed E-state index contributed by atoms with van der Waals surface area (Å²) in [7, 11) is -4.41. The van der Waals surface area contributed by atoms with Crippen LogP contribution >= 0.6 is 7.82 Å². The molecular formula is C67H108NO8P. The van der Waals surface area contributed by atoms with Crippen LogP contribution in [0.4, 0.5) is 0 Å². The van der Waals surface area contributed by atoms with E-state index in [0.717, 1.165) is 141 Å². The van der Waals surface area contributed by atoms with Gasteiger partial charge in [-0.2, -0.15) is 0 Å². The summed E-state index contributed by atoms with van der Waals surface area (Å²) in [6.45, 7) is 3.47. The molecule has 0 radical (unpaired) electrons. The molecule has 0 rings (SSSR count). The number of carbonyl (C=O) groups excluding carboxylic acids is 2. The Morgan fingerprint density at radius 3 is 1.00 bits per heavy atom. The van der Waals surface area contributed by atoms with Crippen molar-refractivity contribution in [3.63, 3.8) is 0 Å². The van der Waals surface area contributed by atoms with Gasteiger partial charge >= 0.3 is 19.8 Å². The second-order valence-electron chi connectivity index (χ2n) is 19.1. The average Bonchev–Trinajstić information content (AvgIpc) is 3.42. The maximum absolute atomic E-state index is 12.7. The number of phosphoric ester groups is 1. The molecule has 0 heterocycles. The molecule has 0 amide bonds. The lowest BCUT2D eigenvalue weighted by Crippen LogP contribution is -2.29. The number of unbranched alkanes of at least 4 members (excludes halogenated alkanes) is 15. The topological polar surface area (TPSA) is 134 Å². The zero-order chi connectivity index (χ0) is 55.9. The lowest BCUT2D eigenvalue weighted by Gasteiger charge is -2.19. The Bertz CT molecular complexity index is 1810. The highest BCUT2D eigenvalue weighted by atomic mass is 31.2. The third-order valence-electron chi connectivity index (χ3n) is 11.9. The molecule has 0 aliphatic carbocycles. The highest BCUT2D eigenvalue weighted by Crippen LogP contribution is 2.43. The van der Waals surface area contributed by atoms with Crippen LogP contribution in [0.5, 0.6) is 0 Å². The smallest absolute Gasteiger partial charge is 0.462 e. The van der Waals surface area contributed by atoms with E-state index in [1.165, 1.54) is 38.5 Å². The largest absolute Gasteiger partial charge is 0.472 e. The van der Waals surface area contributed by atoms with Crippen LogP contribution in [0.25, 0.3) is 0 Å². The van der Waals surface area contributed by atoms with E-state index < -0.39 is 32.5 Å². The number of ether oxygens (including phenoxy) is 2. The minimum Gasteiger partial charge on any atom is -0.462 e. The Hall–Kier alpha value is -4.37. The van der Waals surface area contributed by atoms with Crippen molar-refractivity contribution in [3.05, 3.63) is 158 Å². The third-order valence-corrected chi connectivity index (χ3v) is 12.9. The van der Waals surface area contributed by atoms with E-state index in [9.17, 15) is 19.0 Å². The summed E-state index contributed by atoms with van der Waals surface area (Å²) in [5.74, 6) is -0.862. The minimum atomic E-state index is -4.41. The summed E-state index contributed by atoms with van der Waals surface area (Å²) >= 11 is 0. The van der Waals surface area contributed by atoms with Crippen molar-refractivity contribution in [1.82, 2.24) is 0 Å². The number of rotatable bonds is 54. The Labute approximate surface area is 470 Å². The molecule has 0 aromatic carbocycles. The molecule has 9 nitrogen and oxygen atoms in total. The molecular weight excluding hydrogens is 978 g/mol. The van der Waals surface area contributed by atoms with Crippen LogP contribution in [0.15, 0.2) is 158 Å². The molecule has 77 heavy (non-hydrogen) atoms. The predicted octanol–water partition coefficient (Wildman–Crippen LogP) is 19.3. The van der Waals surface area contributed by atoms with Gasteiger partial charge in [-0.15, -0.1) is 0 Å². The second kappa shape index (κ2) is 60.9. The average molecular weight is 1090 g/mol. The molecule has 2 unspecified atom stereocenters. The van der Waals surface area contributed by atoms with Gasteiger partial charge in [-0.05, 0) is 122 Å². The summed E-state index contributed by atoms with van der Waals surface area (Å²) < 4.78 is 33.1. The van der Waals surface area contributed by atoms with E-state index in [0.29, 0.717) is 12.8 Å². The van der Waals surface area contributed by atoms with Crippen LogP contribution in [0, 0.1) is 0 Å². The summed E-state index contributed by atoms with van der Waals surface area (Å²) in [5.41, 5.74) is 5.38. The highest BCUT2D eigenvalue weighted by Gasteiger charge is 2.26. The van der Waals surface area contributed by atoms with Crippen LogP contribution in [0.1, 0.15) is 219 Å². The molecule has 434 valence electrons. The van der Waals surface area contributed by atoms with Crippen LogP contribution < -0.4 is 5.73 Å². The molecule has 10 heteroatoms. The molecule has 0 aromatic rings. The first-order valence-corrected chi connectivity index (χ1v) is 31.5. The molecule has 0 saturated carbocycles. The van der Waals surface area contributed by atoms with Gasteiger partial charge in [-0.3, -0.25) is 18.6 Å². The van der Waals surface area contributed by atoms with Crippen LogP contribution in [-0.2, 0) is 32.7 Å². The standard InChI is InChI=1S/C67H108NO8P/c1-3-5-7-9-11-13-15-17-19-21-23-25-27-29-31-32-34-36-38-40-42-44-46-48-50-52-54-56-58-60-67(70)76-65(64-75-77(71,72)74-62-61-68)63-73-66(69)59-57-55-53-51-49-47-45-43-41-39-37-35-33-30-28-26-24-22-20-18-16-14-12-10-8-6-4-2/h5-8,11-14,17-20,23-26,29-31,33-34,36-37,39-40,42,65H,3-4,9-10,15-16,21-22,27-28,32,35,38,41,43-64,68H2,1-2H3,(H,71,72)/b7-5-,8-6-,13-11-,14-12-,19-17-,20-18-,25-23-,26-24-,31-29-,33-30-,36-34-,39-37-,42-40-. The molecule has 0 saturated heterocycles. The van der Waals surface area contributed by atoms with Crippen LogP contribution in [0.2, 0.25) is 0 Å². The van der Waals surface area contributed by atoms with Gasteiger partial charge in [0.2, 0.25) is 0 Å². The number of allylic oxidation sites excluding steroid dienone is 26. The quantitative estimate of drug-likeness (QED) is 0.0264. The van der Waals surface area contributed by atoms with Crippen molar-refractivity contribution in [2.45, 2.75) is 225 Å². The molecule has 2 atom stereocenters.